The van der Waals surface area contributed by atoms with Gasteiger partial charge in [-0.1, -0.05) is 6.07 Å². The van der Waals surface area contributed by atoms with Gasteiger partial charge in [-0.3, -0.25) is 19.7 Å². The lowest BCUT2D eigenvalue weighted by molar-refractivity contribution is -0.153. The second-order valence-electron chi connectivity index (χ2n) is 4.57. The van der Waals surface area contributed by atoms with Crippen LogP contribution in [0, 0.1) is 0 Å². The van der Waals surface area contributed by atoms with E-state index >= 15 is 0 Å². The number of imide groups is 1. The van der Waals surface area contributed by atoms with Crippen LogP contribution in [0.4, 0.5) is 13.6 Å². The van der Waals surface area contributed by atoms with Gasteiger partial charge in [0, 0.05) is 5.56 Å². The van der Waals surface area contributed by atoms with Gasteiger partial charge in [0.15, 0.2) is 6.10 Å². The number of hydrogen-bond acceptors (Lipinski definition) is 6. The van der Waals surface area contributed by atoms with Gasteiger partial charge in [-0.2, -0.15) is 8.78 Å². The molecule has 0 fully saturated rings. The number of nitrogens with two attached hydrogens (primary N) is 1. The van der Waals surface area contributed by atoms with Crippen LogP contribution in [-0.2, 0) is 14.3 Å². The fourth-order valence-electron chi connectivity index (χ4n) is 1.58. The van der Waals surface area contributed by atoms with Crippen molar-refractivity contribution < 1.29 is 37.4 Å². The van der Waals surface area contributed by atoms with Gasteiger partial charge in [-0.05, 0) is 25.1 Å². The first-order valence-electron chi connectivity index (χ1n) is 6.82. The van der Waals surface area contributed by atoms with Gasteiger partial charge >= 0.3 is 18.6 Å². The van der Waals surface area contributed by atoms with Gasteiger partial charge in [0.05, 0.1) is 0 Å². The van der Waals surface area contributed by atoms with E-state index in [9.17, 15) is 28.0 Å². The Balaban J connectivity index is 2.51. The van der Waals surface area contributed by atoms with Crippen LogP contribution in [0.1, 0.15) is 17.3 Å². The van der Waals surface area contributed by atoms with Crippen LogP contribution in [0.5, 0.6) is 5.75 Å². The minimum absolute atomic E-state index is 0.0227. The van der Waals surface area contributed by atoms with Crippen LogP contribution >= 0.6 is 0 Å². The number of carbonyl (C=O) groups excluding carboxylic acids is 4. The van der Waals surface area contributed by atoms with Gasteiger partial charge < -0.3 is 20.5 Å². The molecule has 11 heteroatoms. The molecule has 0 aromatic heterocycles. The number of amides is 4. The van der Waals surface area contributed by atoms with Crippen molar-refractivity contribution in [2.45, 2.75) is 19.6 Å². The number of nitrogens with one attached hydrogen (secondary N) is 2. The third-order valence-corrected chi connectivity index (χ3v) is 2.64. The molecule has 9 nitrogen and oxygen atoms in total. The topological polar surface area (TPSA) is 137 Å². The van der Waals surface area contributed by atoms with Crippen molar-refractivity contribution >= 4 is 23.8 Å². The Bertz CT molecular complexity index is 668. The average molecular weight is 359 g/mol. The second-order valence-corrected chi connectivity index (χ2v) is 4.57. The summed E-state index contributed by atoms with van der Waals surface area (Å²) in [6.45, 7) is -2.43. The summed E-state index contributed by atoms with van der Waals surface area (Å²) in [5, 5.41) is 3.91. The van der Waals surface area contributed by atoms with Crippen molar-refractivity contribution in [3.05, 3.63) is 29.8 Å². The number of ether oxygens (including phenoxy) is 2. The van der Waals surface area contributed by atoms with E-state index in [2.05, 4.69) is 14.8 Å². The molecule has 0 spiro atoms. The summed E-state index contributed by atoms with van der Waals surface area (Å²) in [6, 6.07) is 3.84. The predicted octanol–water partition coefficient (Wildman–Crippen LogP) is 0.144. The highest BCUT2D eigenvalue weighted by Crippen LogP contribution is 2.15. The van der Waals surface area contributed by atoms with Gasteiger partial charge in [0.2, 0.25) is 0 Å². The first kappa shape index (κ1) is 19.8. The maximum absolute atomic E-state index is 12.1. The Kier molecular flexibility index (Phi) is 7.25. The number of benzene rings is 1. The molecule has 0 unspecified atom stereocenters. The van der Waals surface area contributed by atoms with E-state index in [1.807, 2.05) is 0 Å². The molecule has 4 amide bonds. The number of halogens is 2. The predicted molar refractivity (Wildman–Crippen MR) is 78.7 cm³/mol. The Labute approximate surface area is 140 Å². The number of esters is 1. The number of rotatable bonds is 7. The summed E-state index contributed by atoms with van der Waals surface area (Å²) >= 11 is 0. The molecule has 25 heavy (non-hydrogen) atoms. The molecule has 0 aliphatic carbocycles. The van der Waals surface area contributed by atoms with Crippen LogP contribution in [0.25, 0.3) is 0 Å². The third-order valence-electron chi connectivity index (χ3n) is 2.64. The number of urea groups is 1. The van der Waals surface area contributed by atoms with Crippen LogP contribution in [-0.4, -0.2) is 43.1 Å². The monoisotopic (exact) mass is 359 g/mol. The summed E-state index contributed by atoms with van der Waals surface area (Å²) < 4.78 is 33.1. The Morgan fingerprint density at radius 2 is 1.92 bits per heavy atom. The van der Waals surface area contributed by atoms with Crippen molar-refractivity contribution in [1.29, 1.82) is 0 Å². The highest BCUT2D eigenvalue weighted by atomic mass is 19.3. The first-order valence-corrected chi connectivity index (χ1v) is 6.82. The summed E-state index contributed by atoms with van der Waals surface area (Å²) in [7, 11) is 0. The quantitative estimate of drug-likeness (QED) is 0.593. The van der Waals surface area contributed by atoms with Crippen molar-refractivity contribution in [3.63, 3.8) is 0 Å². The van der Waals surface area contributed by atoms with E-state index in [1.165, 1.54) is 25.1 Å². The molecular weight excluding hydrogens is 344 g/mol. The summed E-state index contributed by atoms with van der Waals surface area (Å²) in [4.78, 5) is 45.2. The number of alkyl halides is 2. The number of primary amides is 1. The summed E-state index contributed by atoms with van der Waals surface area (Å²) in [5.74, 6) is -2.85. The van der Waals surface area contributed by atoms with E-state index < -0.39 is 43.1 Å². The lowest BCUT2D eigenvalue weighted by atomic mass is 10.2. The minimum atomic E-state index is -3.04. The summed E-state index contributed by atoms with van der Waals surface area (Å²) in [6.07, 6.45) is -1.31. The van der Waals surface area contributed by atoms with Crippen LogP contribution in [0.3, 0.4) is 0 Å². The van der Waals surface area contributed by atoms with Crippen LogP contribution in [0.15, 0.2) is 24.3 Å². The Hall–Kier alpha value is -3.24. The Morgan fingerprint density at radius 3 is 2.52 bits per heavy atom. The van der Waals surface area contributed by atoms with Gasteiger partial charge in [0.1, 0.15) is 12.3 Å². The first-order chi connectivity index (χ1) is 11.7. The molecule has 0 radical (unpaired) electrons. The smallest absolute Gasteiger partial charge is 0.387 e. The zero-order valence-corrected chi connectivity index (χ0v) is 13.0. The largest absolute Gasteiger partial charge is 0.451 e. The standard InChI is InChI=1S/C14H15F2N3O6/c1-7(11(21)19-14(17)23)24-10(20)6-18-12(22)8-3-2-4-9(5-8)25-13(15)16/h2-5,7,13H,6H2,1H3,(H,18,22)(H3,17,19,21,23)/t7-/m1/s1. The van der Waals surface area contributed by atoms with Gasteiger partial charge in [0.25, 0.3) is 11.8 Å². The third kappa shape index (κ3) is 7.24. The molecule has 4 N–H and O–H groups in total. The van der Waals surface area contributed by atoms with Crippen molar-refractivity contribution in [2.75, 3.05) is 6.54 Å². The maximum Gasteiger partial charge on any atom is 0.387 e. The van der Waals surface area contributed by atoms with E-state index in [1.54, 1.807) is 5.32 Å². The zero-order valence-electron chi connectivity index (χ0n) is 13.0. The fraction of sp³-hybridized carbons (Fsp3) is 0.286. The molecule has 0 heterocycles. The molecule has 0 saturated carbocycles. The highest BCUT2D eigenvalue weighted by Gasteiger charge is 2.19. The molecule has 1 aromatic rings. The van der Waals surface area contributed by atoms with E-state index in [0.29, 0.717) is 0 Å². The normalized spacial score (nSPS) is 11.4. The average Bonchev–Trinajstić information content (AvgIpc) is 2.51. The van der Waals surface area contributed by atoms with Crippen molar-refractivity contribution in [3.8, 4) is 5.75 Å². The lowest BCUT2D eigenvalue weighted by Gasteiger charge is -2.12. The van der Waals surface area contributed by atoms with E-state index in [0.717, 1.165) is 6.07 Å². The minimum Gasteiger partial charge on any atom is -0.451 e. The Morgan fingerprint density at radius 1 is 1.24 bits per heavy atom. The highest BCUT2D eigenvalue weighted by molar-refractivity contribution is 5.98. The maximum atomic E-state index is 12.1. The van der Waals surface area contributed by atoms with Crippen LogP contribution in [0.2, 0.25) is 0 Å². The zero-order chi connectivity index (χ0) is 19.0. The van der Waals surface area contributed by atoms with E-state index in [-0.39, 0.29) is 11.3 Å². The molecular formula is C14H15F2N3O6. The molecule has 1 atom stereocenters. The van der Waals surface area contributed by atoms with Gasteiger partial charge in [-0.25, -0.2) is 4.79 Å². The molecule has 136 valence electrons. The van der Waals surface area contributed by atoms with Crippen LogP contribution < -0.4 is 21.1 Å². The number of carbonyl (C=O) groups is 4. The summed E-state index contributed by atoms with van der Waals surface area (Å²) in [5.41, 5.74) is 4.72. The molecule has 0 saturated heterocycles. The molecule has 0 bridgehead atoms. The number of hydrogen-bond donors (Lipinski definition) is 3. The lowest BCUT2D eigenvalue weighted by Crippen LogP contribution is -2.43. The fourth-order valence-corrected chi connectivity index (χ4v) is 1.58. The molecule has 0 aliphatic heterocycles. The van der Waals surface area contributed by atoms with Gasteiger partial charge in [-0.15, -0.1) is 0 Å². The second kappa shape index (κ2) is 9.15. The van der Waals surface area contributed by atoms with Crippen molar-refractivity contribution in [1.82, 2.24) is 10.6 Å². The molecule has 1 aromatic carbocycles. The van der Waals surface area contributed by atoms with E-state index in [4.69, 9.17) is 5.73 Å². The molecule has 0 aliphatic rings. The SMILES string of the molecule is C[C@@H](OC(=O)CNC(=O)c1cccc(OC(F)F)c1)C(=O)NC(N)=O. The molecule has 1 rings (SSSR count). The van der Waals surface area contributed by atoms with Crippen molar-refractivity contribution in [2.24, 2.45) is 5.73 Å².